The van der Waals surface area contributed by atoms with Crippen molar-refractivity contribution in [1.82, 2.24) is 14.9 Å². The SMILES string of the molecule is CCOCCCNC(=O)c1ccc2c(c1)ncn2C. The molecule has 0 fully saturated rings. The normalized spacial score (nSPS) is 10.8. The summed E-state index contributed by atoms with van der Waals surface area (Å²) in [6, 6.07) is 5.55. The van der Waals surface area contributed by atoms with E-state index in [-0.39, 0.29) is 5.91 Å². The van der Waals surface area contributed by atoms with E-state index in [0.717, 1.165) is 17.5 Å². The van der Waals surface area contributed by atoms with Crippen LogP contribution in [0.4, 0.5) is 0 Å². The van der Waals surface area contributed by atoms with Gasteiger partial charge in [0.25, 0.3) is 5.91 Å². The van der Waals surface area contributed by atoms with E-state index in [1.54, 1.807) is 6.33 Å². The summed E-state index contributed by atoms with van der Waals surface area (Å²) in [7, 11) is 1.93. The average Bonchev–Trinajstić information content (AvgIpc) is 2.79. The molecule has 0 bridgehead atoms. The van der Waals surface area contributed by atoms with Crippen molar-refractivity contribution in [1.29, 1.82) is 0 Å². The zero-order valence-electron chi connectivity index (χ0n) is 11.3. The van der Waals surface area contributed by atoms with E-state index in [1.165, 1.54) is 0 Å². The van der Waals surface area contributed by atoms with Crippen LogP contribution in [0, 0.1) is 0 Å². The van der Waals surface area contributed by atoms with Crippen molar-refractivity contribution in [2.75, 3.05) is 19.8 Å². The third-order valence-electron chi connectivity index (χ3n) is 2.94. The smallest absolute Gasteiger partial charge is 0.251 e. The first-order valence-corrected chi connectivity index (χ1v) is 6.49. The highest BCUT2D eigenvalue weighted by Gasteiger charge is 2.07. The standard InChI is InChI=1S/C14H19N3O2/c1-3-19-8-4-7-15-14(18)11-5-6-13-12(9-11)16-10-17(13)2/h5-6,9-10H,3-4,7-8H2,1-2H3,(H,15,18). The third kappa shape index (κ3) is 3.32. The number of hydrogen-bond acceptors (Lipinski definition) is 3. The summed E-state index contributed by atoms with van der Waals surface area (Å²) in [5, 5.41) is 2.88. The molecule has 0 aliphatic carbocycles. The molecule has 1 aromatic heterocycles. The van der Waals surface area contributed by atoms with Crippen LogP contribution in [0.5, 0.6) is 0 Å². The lowest BCUT2D eigenvalue weighted by molar-refractivity contribution is 0.0944. The Bertz CT molecular complexity index is 563. The monoisotopic (exact) mass is 261 g/mol. The second-order valence-corrected chi connectivity index (χ2v) is 4.37. The van der Waals surface area contributed by atoms with Gasteiger partial charge in [-0.3, -0.25) is 4.79 Å². The molecule has 2 rings (SSSR count). The number of aryl methyl sites for hydroxylation is 1. The van der Waals surface area contributed by atoms with Gasteiger partial charge in [0.2, 0.25) is 0 Å². The molecule has 102 valence electrons. The van der Waals surface area contributed by atoms with E-state index in [4.69, 9.17) is 4.74 Å². The van der Waals surface area contributed by atoms with Gasteiger partial charge in [-0.05, 0) is 31.5 Å². The number of nitrogens with zero attached hydrogens (tertiary/aromatic N) is 2. The van der Waals surface area contributed by atoms with Crippen LogP contribution in [0.3, 0.4) is 0 Å². The lowest BCUT2D eigenvalue weighted by Crippen LogP contribution is -2.25. The molecule has 1 N–H and O–H groups in total. The van der Waals surface area contributed by atoms with Gasteiger partial charge in [0.1, 0.15) is 0 Å². The molecule has 2 aromatic rings. The van der Waals surface area contributed by atoms with Gasteiger partial charge < -0.3 is 14.6 Å². The fourth-order valence-electron chi connectivity index (χ4n) is 1.90. The van der Waals surface area contributed by atoms with Crippen LogP contribution >= 0.6 is 0 Å². The van der Waals surface area contributed by atoms with Crippen molar-refractivity contribution in [3.05, 3.63) is 30.1 Å². The molecule has 5 heteroatoms. The highest BCUT2D eigenvalue weighted by molar-refractivity contribution is 5.97. The van der Waals surface area contributed by atoms with E-state index in [2.05, 4.69) is 10.3 Å². The summed E-state index contributed by atoms with van der Waals surface area (Å²) in [6.45, 7) is 3.97. The van der Waals surface area contributed by atoms with E-state index >= 15 is 0 Å². The lowest BCUT2D eigenvalue weighted by atomic mass is 10.2. The van der Waals surface area contributed by atoms with E-state index in [0.29, 0.717) is 25.3 Å². The molecule has 0 atom stereocenters. The first-order chi connectivity index (χ1) is 9.22. The number of amides is 1. The molecular formula is C14H19N3O2. The lowest BCUT2D eigenvalue weighted by Gasteiger charge is -2.05. The molecule has 19 heavy (non-hydrogen) atoms. The summed E-state index contributed by atoms with van der Waals surface area (Å²) in [5.74, 6) is -0.0657. The summed E-state index contributed by atoms with van der Waals surface area (Å²) in [4.78, 5) is 16.2. The summed E-state index contributed by atoms with van der Waals surface area (Å²) < 4.78 is 7.15. The predicted molar refractivity (Wildman–Crippen MR) is 74.2 cm³/mol. The molecule has 5 nitrogen and oxygen atoms in total. The maximum atomic E-state index is 11.9. The van der Waals surface area contributed by atoms with E-state index in [9.17, 15) is 4.79 Å². The second kappa shape index (κ2) is 6.33. The topological polar surface area (TPSA) is 56.1 Å². The maximum Gasteiger partial charge on any atom is 0.251 e. The van der Waals surface area contributed by atoms with Crippen LogP contribution in [0.1, 0.15) is 23.7 Å². The number of imidazole rings is 1. The summed E-state index contributed by atoms with van der Waals surface area (Å²) >= 11 is 0. The molecule has 0 aliphatic heterocycles. The van der Waals surface area contributed by atoms with Crippen molar-refractivity contribution < 1.29 is 9.53 Å². The number of aromatic nitrogens is 2. The Labute approximate surface area is 112 Å². The summed E-state index contributed by atoms with van der Waals surface area (Å²) in [6.07, 6.45) is 2.57. The number of fused-ring (bicyclic) bond motifs is 1. The van der Waals surface area contributed by atoms with Gasteiger partial charge in [-0.1, -0.05) is 0 Å². The van der Waals surface area contributed by atoms with Gasteiger partial charge in [-0.25, -0.2) is 4.98 Å². The first-order valence-electron chi connectivity index (χ1n) is 6.49. The number of carbonyl (C=O) groups is 1. The van der Waals surface area contributed by atoms with Gasteiger partial charge in [0.15, 0.2) is 0 Å². The fraction of sp³-hybridized carbons (Fsp3) is 0.429. The van der Waals surface area contributed by atoms with Crippen molar-refractivity contribution in [3.63, 3.8) is 0 Å². The Kier molecular flexibility index (Phi) is 4.52. The number of carbonyl (C=O) groups excluding carboxylic acids is 1. The van der Waals surface area contributed by atoms with Crippen LogP contribution in [-0.4, -0.2) is 35.2 Å². The molecule has 0 aliphatic rings. The number of rotatable bonds is 6. The molecule has 0 radical (unpaired) electrons. The summed E-state index contributed by atoms with van der Waals surface area (Å²) in [5.41, 5.74) is 2.50. The van der Waals surface area contributed by atoms with Crippen LogP contribution in [-0.2, 0) is 11.8 Å². The van der Waals surface area contributed by atoms with Crippen molar-refractivity contribution in [2.24, 2.45) is 7.05 Å². The van der Waals surface area contributed by atoms with Crippen LogP contribution < -0.4 is 5.32 Å². The largest absolute Gasteiger partial charge is 0.382 e. The van der Waals surface area contributed by atoms with Crippen molar-refractivity contribution in [3.8, 4) is 0 Å². The number of hydrogen-bond donors (Lipinski definition) is 1. The maximum absolute atomic E-state index is 11.9. The van der Waals surface area contributed by atoms with E-state index < -0.39 is 0 Å². The van der Waals surface area contributed by atoms with Gasteiger partial charge >= 0.3 is 0 Å². The predicted octanol–water partition coefficient (Wildman–Crippen LogP) is 1.73. The highest BCUT2D eigenvalue weighted by Crippen LogP contribution is 2.13. The Morgan fingerprint density at radius 1 is 1.47 bits per heavy atom. The van der Waals surface area contributed by atoms with Crippen molar-refractivity contribution in [2.45, 2.75) is 13.3 Å². The molecular weight excluding hydrogens is 242 g/mol. The van der Waals surface area contributed by atoms with Crippen molar-refractivity contribution >= 4 is 16.9 Å². The highest BCUT2D eigenvalue weighted by atomic mass is 16.5. The van der Waals surface area contributed by atoms with Gasteiger partial charge in [-0.15, -0.1) is 0 Å². The fourth-order valence-corrected chi connectivity index (χ4v) is 1.90. The average molecular weight is 261 g/mol. The van der Waals surface area contributed by atoms with Gasteiger partial charge in [0, 0.05) is 32.4 Å². The first kappa shape index (κ1) is 13.5. The quantitative estimate of drug-likeness (QED) is 0.806. The Morgan fingerprint density at radius 3 is 3.11 bits per heavy atom. The van der Waals surface area contributed by atoms with Crippen LogP contribution in [0.25, 0.3) is 11.0 Å². The number of nitrogens with one attached hydrogen (secondary N) is 1. The molecule has 1 aromatic carbocycles. The van der Waals surface area contributed by atoms with E-state index in [1.807, 2.05) is 36.7 Å². The molecule has 1 amide bonds. The van der Waals surface area contributed by atoms with Crippen LogP contribution in [0.15, 0.2) is 24.5 Å². The molecule has 0 spiro atoms. The minimum atomic E-state index is -0.0657. The Hall–Kier alpha value is -1.88. The third-order valence-corrected chi connectivity index (χ3v) is 2.94. The molecule has 1 heterocycles. The van der Waals surface area contributed by atoms with Crippen LogP contribution in [0.2, 0.25) is 0 Å². The molecule has 0 saturated carbocycles. The number of ether oxygens (including phenoxy) is 1. The Morgan fingerprint density at radius 2 is 2.32 bits per heavy atom. The molecule has 0 unspecified atom stereocenters. The Balaban J connectivity index is 1.93. The number of benzene rings is 1. The van der Waals surface area contributed by atoms with Gasteiger partial charge in [-0.2, -0.15) is 0 Å². The minimum Gasteiger partial charge on any atom is -0.382 e. The van der Waals surface area contributed by atoms with Gasteiger partial charge in [0.05, 0.1) is 17.4 Å². The minimum absolute atomic E-state index is 0.0657. The second-order valence-electron chi connectivity index (χ2n) is 4.37. The zero-order chi connectivity index (χ0) is 13.7. The zero-order valence-corrected chi connectivity index (χ0v) is 11.3. The molecule has 0 saturated heterocycles.